The minimum atomic E-state index is -1.07. The number of aliphatic hydroxyl groups excluding tert-OH is 1. The van der Waals surface area contributed by atoms with E-state index in [0.717, 1.165) is 18.4 Å². The first-order chi connectivity index (χ1) is 11.1. The summed E-state index contributed by atoms with van der Waals surface area (Å²) in [6.45, 7) is 2.45. The molecular formula is C17H21N2O3S-. The Morgan fingerprint density at radius 3 is 2.74 bits per heavy atom. The summed E-state index contributed by atoms with van der Waals surface area (Å²) in [6, 6.07) is 9.86. The third-order valence-electron chi connectivity index (χ3n) is 3.48. The van der Waals surface area contributed by atoms with Crippen LogP contribution in [0.1, 0.15) is 37.4 Å². The van der Waals surface area contributed by atoms with E-state index in [9.17, 15) is 15.0 Å². The lowest BCUT2D eigenvalue weighted by atomic mass is 10.2. The van der Waals surface area contributed by atoms with Gasteiger partial charge in [-0.05, 0) is 12.0 Å². The van der Waals surface area contributed by atoms with E-state index >= 15 is 0 Å². The zero-order valence-electron chi connectivity index (χ0n) is 13.1. The molecule has 1 atom stereocenters. The normalized spacial score (nSPS) is 12.3. The number of imidazole rings is 1. The molecule has 0 aliphatic rings. The Hall–Kier alpha value is -1.79. The number of hydrogen-bond donors (Lipinski definition) is 1. The Morgan fingerprint density at radius 2 is 2.13 bits per heavy atom. The molecule has 6 heteroatoms. The number of thioether (sulfide) groups is 1. The van der Waals surface area contributed by atoms with Gasteiger partial charge in [0.25, 0.3) is 0 Å². The number of aromatic nitrogens is 2. The molecule has 0 aliphatic heterocycles. The largest absolute Gasteiger partial charge is 0.549 e. The van der Waals surface area contributed by atoms with Crippen molar-refractivity contribution >= 4 is 17.7 Å². The molecule has 0 saturated carbocycles. The van der Waals surface area contributed by atoms with Gasteiger partial charge in [-0.3, -0.25) is 0 Å². The summed E-state index contributed by atoms with van der Waals surface area (Å²) < 4.78 is 1.88. The molecule has 0 radical (unpaired) electrons. The summed E-state index contributed by atoms with van der Waals surface area (Å²) in [6.07, 6.45) is 4.08. The average Bonchev–Trinajstić information content (AvgIpc) is 2.94. The van der Waals surface area contributed by atoms with Gasteiger partial charge in [0.1, 0.15) is 0 Å². The van der Waals surface area contributed by atoms with Crippen LogP contribution in [0.5, 0.6) is 0 Å². The van der Waals surface area contributed by atoms with Crippen molar-refractivity contribution in [1.29, 1.82) is 0 Å². The molecule has 23 heavy (non-hydrogen) atoms. The SMILES string of the molecule is CCCC[C@H](Sc1nc(CO)cn1Cc1ccccc1)C(=O)[O-]. The maximum absolute atomic E-state index is 11.3. The first-order valence-electron chi connectivity index (χ1n) is 7.72. The van der Waals surface area contributed by atoms with Crippen LogP contribution in [0.15, 0.2) is 41.7 Å². The van der Waals surface area contributed by atoms with Gasteiger partial charge in [-0.25, -0.2) is 4.98 Å². The number of benzene rings is 1. The molecule has 0 bridgehead atoms. The number of hydrogen-bond acceptors (Lipinski definition) is 5. The molecule has 124 valence electrons. The van der Waals surface area contributed by atoms with E-state index in [1.165, 1.54) is 11.8 Å². The van der Waals surface area contributed by atoms with Crippen LogP contribution in [0.25, 0.3) is 0 Å². The van der Waals surface area contributed by atoms with Crippen LogP contribution in [-0.2, 0) is 17.9 Å². The predicted molar refractivity (Wildman–Crippen MR) is 87.9 cm³/mol. The smallest absolute Gasteiger partial charge is 0.169 e. The summed E-state index contributed by atoms with van der Waals surface area (Å²) >= 11 is 1.20. The summed E-state index contributed by atoms with van der Waals surface area (Å²) in [5.41, 5.74) is 1.63. The molecule has 1 heterocycles. The van der Waals surface area contributed by atoms with Gasteiger partial charge in [0.2, 0.25) is 0 Å². The number of carbonyl (C=O) groups is 1. The molecule has 1 N–H and O–H groups in total. The van der Waals surface area contributed by atoms with E-state index in [4.69, 9.17) is 0 Å². The van der Waals surface area contributed by atoms with Crippen molar-refractivity contribution in [3.05, 3.63) is 47.8 Å². The number of aliphatic hydroxyl groups is 1. The minimum absolute atomic E-state index is 0.166. The molecule has 0 unspecified atom stereocenters. The van der Waals surface area contributed by atoms with Crippen LogP contribution in [0.2, 0.25) is 0 Å². The lowest BCUT2D eigenvalue weighted by Gasteiger charge is -2.17. The standard InChI is InChI=1S/C17H22N2O3S/c1-2-3-9-15(16(21)22)23-17-18-14(12-20)11-19(17)10-13-7-5-4-6-8-13/h4-8,11,15,20H,2-3,9-10,12H2,1H3,(H,21,22)/p-1/t15-/m0/s1. The fourth-order valence-electron chi connectivity index (χ4n) is 2.26. The lowest BCUT2D eigenvalue weighted by molar-refractivity contribution is -0.304. The number of carbonyl (C=O) groups excluding carboxylic acids is 1. The molecule has 0 fully saturated rings. The van der Waals surface area contributed by atoms with Crippen molar-refractivity contribution in [2.24, 2.45) is 0 Å². The average molecular weight is 333 g/mol. The van der Waals surface area contributed by atoms with Crippen LogP contribution in [0.3, 0.4) is 0 Å². The second-order valence-corrected chi connectivity index (χ2v) is 6.52. The third-order valence-corrected chi connectivity index (χ3v) is 4.73. The van der Waals surface area contributed by atoms with Crippen molar-refractivity contribution in [3.8, 4) is 0 Å². The van der Waals surface area contributed by atoms with Crippen LogP contribution in [0.4, 0.5) is 0 Å². The Labute approximate surface area is 140 Å². The number of aliphatic carboxylic acids is 1. The number of carboxylic acid groups (broad SMARTS) is 1. The number of unbranched alkanes of at least 4 members (excludes halogenated alkanes) is 1. The zero-order chi connectivity index (χ0) is 16.7. The molecule has 0 spiro atoms. The van der Waals surface area contributed by atoms with E-state index in [1.54, 1.807) is 6.20 Å². The highest BCUT2D eigenvalue weighted by molar-refractivity contribution is 8.00. The highest BCUT2D eigenvalue weighted by Crippen LogP contribution is 2.27. The van der Waals surface area contributed by atoms with E-state index in [1.807, 2.05) is 41.8 Å². The number of nitrogens with zero attached hydrogens (tertiary/aromatic N) is 2. The van der Waals surface area contributed by atoms with Crippen molar-refractivity contribution in [2.45, 2.75) is 49.7 Å². The quantitative estimate of drug-likeness (QED) is 0.708. The molecule has 0 aliphatic carbocycles. The van der Waals surface area contributed by atoms with Crippen molar-refractivity contribution in [1.82, 2.24) is 9.55 Å². The number of carboxylic acids is 1. The van der Waals surface area contributed by atoms with E-state index in [-0.39, 0.29) is 6.61 Å². The van der Waals surface area contributed by atoms with E-state index in [2.05, 4.69) is 4.98 Å². The molecular weight excluding hydrogens is 312 g/mol. The summed E-state index contributed by atoms with van der Waals surface area (Å²) in [4.78, 5) is 15.7. The highest BCUT2D eigenvalue weighted by Gasteiger charge is 2.17. The fraction of sp³-hybridized carbons (Fsp3) is 0.412. The van der Waals surface area contributed by atoms with Gasteiger partial charge in [-0.1, -0.05) is 61.9 Å². The van der Waals surface area contributed by atoms with Crippen LogP contribution >= 0.6 is 11.8 Å². The van der Waals surface area contributed by atoms with Crippen molar-refractivity contribution in [3.63, 3.8) is 0 Å². The Kier molecular flexibility index (Phi) is 6.67. The Morgan fingerprint density at radius 1 is 1.39 bits per heavy atom. The second-order valence-electron chi connectivity index (χ2n) is 5.35. The van der Waals surface area contributed by atoms with Gasteiger partial charge >= 0.3 is 0 Å². The zero-order valence-corrected chi connectivity index (χ0v) is 14.0. The van der Waals surface area contributed by atoms with Gasteiger partial charge in [-0.2, -0.15) is 0 Å². The van der Waals surface area contributed by atoms with Gasteiger partial charge in [0, 0.05) is 12.7 Å². The topological polar surface area (TPSA) is 78.2 Å². The van der Waals surface area contributed by atoms with Crippen LogP contribution < -0.4 is 5.11 Å². The first-order valence-corrected chi connectivity index (χ1v) is 8.60. The summed E-state index contributed by atoms with van der Waals surface area (Å²) in [5, 5.41) is 20.6. The number of rotatable bonds is 9. The molecule has 1 aromatic heterocycles. The van der Waals surface area contributed by atoms with Crippen molar-refractivity contribution < 1.29 is 15.0 Å². The van der Waals surface area contributed by atoms with Gasteiger partial charge in [-0.15, -0.1) is 0 Å². The lowest BCUT2D eigenvalue weighted by Crippen LogP contribution is -2.33. The van der Waals surface area contributed by atoms with Gasteiger partial charge < -0.3 is 19.6 Å². The molecule has 5 nitrogen and oxygen atoms in total. The van der Waals surface area contributed by atoms with Crippen molar-refractivity contribution in [2.75, 3.05) is 0 Å². The summed E-state index contributed by atoms with van der Waals surface area (Å²) in [5.74, 6) is -1.07. The Bertz CT molecular complexity index is 628. The molecule has 2 rings (SSSR count). The maximum atomic E-state index is 11.3. The van der Waals surface area contributed by atoms with Gasteiger partial charge in [0.15, 0.2) is 5.16 Å². The fourth-order valence-corrected chi connectivity index (χ4v) is 3.31. The minimum Gasteiger partial charge on any atom is -0.549 e. The molecule has 1 aromatic carbocycles. The second kappa shape index (κ2) is 8.74. The monoisotopic (exact) mass is 333 g/mol. The third kappa shape index (κ3) is 5.11. The Balaban J connectivity index is 2.19. The maximum Gasteiger partial charge on any atom is 0.169 e. The van der Waals surface area contributed by atoms with E-state index < -0.39 is 11.2 Å². The van der Waals surface area contributed by atoms with Crippen LogP contribution in [-0.4, -0.2) is 25.9 Å². The molecule has 0 saturated heterocycles. The van der Waals surface area contributed by atoms with Gasteiger partial charge in [0.05, 0.1) is 23.5 Å². The predicted octanol–water partition coefficient (Wildman–Crippen LogP) is 1.82. The first kappa shape index (κ1) is 17.6. The molecule has 2 aromatic rings. The summed E-state index contributed by atoms with van der Waals surface area (Å²) in [7, 11) is 0. The van der Waals surface area contributed by atoms with E-state index in [0.29, 0.717) is 23.8 Å². The highest BCUT2D eigenvalue weighted by atomic mass is 32.2. The molecule has 0 amide bonds. The van der Waals surface area contributed by atoms with Crippen LogP contribution in [0, 0.1) is 0 Å².